The van der Waals surface area contributed by atoms with E-state index in [0.717, 1.165) is 24.8 Å². The predicted octanol–water partition coefficient (Wildman–Crippen LogP) is 0.200. The second kappa shape index (κ2) is 7.82. The number of β-amino-alcohol motifs (C(OH)–C–C–N with tert-alkyl or cyclic N) is 1. The second-order valence-corrected chi connectivity index (χ2v) is 8.62. The van der Waals surface area contributed by atoms with Gasteiger partial charge in [0.05, 0.1) is 17.0 Å². The van der Waals surface area contributed by atoms with Crippen LogP contribution in [0.25, 0.3) is 0 Å². The average molecular weight is 367 g/mol. The third kappa shape index (κ3) is 4.38. The fourth-order valence-corrected chi connectivity index (χ4v) is 4.89. The van der Waals surface area contributed by atoms with Crippen LogP contribution < -0.4 is 10.6 Å². The summed E-state index contributed by atoms with van der Waals surface area (Å²) in [5.41, 5.74) is 0.741. The van der Waals surface area contributed by atoms with Crippen LogP contribution in [-0.4, -0.2) is 55.5 Å². The van der Waals surface area contributed by atoms with Crippen LogP contribution >= 0.6 is 0 Å². The molecule has 1 aromatic carbocycles. The lowest BCUT2D eigenvalue weighted by Gasteiger charge is -2.26. The summed E-state index contributed by atoms with van der Waals surface area (Å²) in [5.74, 6) is -0.180. The zero-order valence-electron chi connectivity index (χ0n) is 14.1. The Kier molecular flexibility index (Phi) is 5.73. The van der Waals surface area contributed by atoms with Crippen LogP contribution in [0.3, 0.4) is 0 Å². The highest BCUT2D eigenvalue weighted by atomic mass is 32.2. The van der Waals surface area contributed by atoms with Crippen molar-refractivity contribution < 1.29 is 18.3 Å². The Hall–Kier alpha value is -1.48. The van der Waals surface area contributed by atoms with Gasteiger partial charge in [-0.15, -0.1) is 0 Å². The molecule has 8 heteroatoms. The highest BCUT2D eigenvalue weighted by Gasteiger charge is 2.28. The topological polar surface area (TPSA) is 98.7 Å². The van der Waals surface area contributed by atoms with E-state index in [4.69, 9.17) is 0 Å². The number of rotatable bonds is 5. The highest BCUT2D eigenvalue weighted by Crippen LogP contribution is 2.21. The molecule has 2 unspecified atom stereocenters. The Balaban J connectivity index is 1.64. The SMILES string of the molecule is O=C(NCc1cccc(S(=O)(=O)N2CCCCC2)c1)C1CC(O)CN1. The zero-order valence-corrected chi connectivity index (χ0v) is 15.0. The standard InChI is InChI=1S/C17H25N3O4S/c21-14-10-16(18-12-14)17(22)19-11-13-5-4-6-15(9-13)25(23,24)20-7-2-1-3-8-20/h4-6,9,14,16,18,21H,1-3,7-8,10-12H2,(H,19,22). The lowest BCUT2D eigenvalue weighted by atomic mass is 10.2. The fourth-order valence-electron chi connectivity index (χ4n) is 3.30. The number of hydrogen-bond acceptors (Lipinski definition) is 5. The highest BCUT2D eigenvalue weighted by molar-refractivity contribution is 7.89. The van der Waals surface area contributed by atoms with E-state index in [1.54, 1.807) is 24.3 Å². The molecule has 0 spiro atoms. The Bertz CT molecular complexity index is 716. The van der Waals surface area contributed by atoms with Crippen molar-refractivity contribution in [3.8, 4) is 0 Å². The molecule has 2 aliphatic heterocycles. The van der Waals surface area contributed by atoms with E-state index in [-0.39, 0.29) is 17.3 Å². The monoisotopic (exact) mass is 367 g/mol. The Morgan fingerprint density at radius 1 is 1.28 bits per heavy atom. The van der Waals surface area contributed by atoms with E-state index < -0.39 is 22.2 Å². The van der Waals surface area contributed by atoms with Crippen LogP contribution in [0.15, 0.2) is 29.2 Å². The molecule has 2 aliphatic rings. The molecule has 138 valence electrons. The van der Waals surface area contributed by atoms with Crippen LogP contribution in [0.1, 0.15) is 31.2 Å². The molecule has 7 nitrogen and oxygen atoms in total. The first-order chi connectivity index (χ1) is 12.0. The minimum Gasteiger partial charge on any atom is -0.392 e. The molecule has 0 radical (unpaired) electrons. The van der Waals surface area contributed by atoms with Gasteiger partial charge in [0.25, 0.3) is 0 Å². The molecule has 0 bridgehead atoms. The van der Waals surface area contributed by atoms with Crippen LogP contribution in [0.4, 0.5) is 0 Å². The van der Waals surface area contributed by atoms with Crippen molar-refractivity contribution in [2.24, 2.45) is 0 Å². The van der Waals surface area contributed by atoms with Crippen LogP contribution in [-0.2, 0) is 21.4 Å². The molecule has 2 fully saturated rings. The second-order valence-electron chi connectivity index (χ2n) is 6.68. The van der Waals surface area contributed by atoms with Crippen LogP contribution in [0.5, 0.6) is 0 Å². The van der Waals surface area contributed by atoms with Gasteiger partial charge in [-0.25, -0.2) is 8.42 Å². The Morgan fingerprint density at radius 2 is 2.04 bits per heavy atom. The number of carbonyl (C=O) groups is 1. The third-order valence-electron chi connectivity index (χ3n) is 4.74. The maximum absolute atomic E-state index is 12.7. The summed E-state index contributed by atoms with van der Waals surface area (Å²) < 4.78 is 27.0. The maximum atomic E-state index is 12.7. The number of aliphatic hydroxyl groups excluding tert-OH is 1. The number of sulfonamides is 1. The zero-order chi connectivity index (χ0) is 17.9. The van der Waals surface area contributed by atoms with Crippen molar-refractivity contribution in [2.45, 2.75) is 49.3 Å². The fraction of sp³-hybridized carbons (Fsp3) is 0.588. The Morgan fingerprint density at radius 3 is 2.72 bits per heavy atom. The van der Waals surface area contributed by atoms with Gasteiger partial charge in [-0.2, -0.15) is 4.31 Å². The molecular weight excluding hydrogens is 342 g/mol. The first kappa shape index (κ1) is 18.3. The summed E-state index contributed by atoms with van der Waals surface area (Å²) in [4.78, 5) is 12.4. The van der Waals surface area contributed by atoms with E-state index >= 15 is 0 Å². The van der Waals surface area contributed by atoms with Gasteiger partial charge in [0.15, 0.2) is 0 Å². The molecule has 3 N–H and O–H groups in total. The van der Waals surface area contributed by atoms with E-state index in [9.17, 15) is 18.3 Å². The van der Waals surface area contributed by atoms with Crippen molar-refractivity contribution >= 4 is 15.9 Å². The number of nitrogens with one attached hydrogen (secondary N) is 2. The Labute approximate surface area is 148 Å². The molecule has 1 aromatic rings. The van der Waals surface area contributed by atoms with E-state index in [2.05, 4.69) is 10.6 Å². The lowest BCUT2D eigenvalue weighted by molar-refractivity contribution is -0.123. The molecule has 0 aromatic heterocycles. The van der Waals surface area contributed by atoms with Crippen molar-refractivity contribution in [1.29, 1.82) is 0 Å². The molecule has 3 rings (SSSR count). The smallest absolute Gasteiger partial charge is 0.243 e. The van der Waals surface area contributed by atoms with E-state index in [1.807, 2.05) is 0 Å². The van der Waals surface area contributed by atoms with Gasteiger partial charge in [-0.3, -0.25) is 4.79 Å². The summed E-state index contributed by atoms with van der Waals surface area (Å²) >= 11 is 0. The van der Waals surface area contributed by atoms with Gasteiger partial charge >= 0.3 is 0 Å². The van der Waals surface area contributed by atoms with Crippen molar-refractivity contribution in [1.82, 2.24) is 14.9 Å². The van der Waals surface area contributed by atoms with Crippen molar-refractivity contribution in [3.05, 3.63) is 29.8 Å². The van der Waals surface area contributed by atoms with Gasteiger partial charge < -0.3 is 15.7 Å². The number of aliphatic hydroxyl groups is 1. The van der Waals surface area contributed by atoms with Crippen LogP contribution in [0.2, 0.25) is 0 Å². The lowest BCUT2D eigenvalue weighted by Crippen LogP contribution is -2.40. The van der Waals surface area contributed by atoms with E-state index in [0.29, 0.717) is 26.1 Å². The molecule has 0 aliphatic carbocycles. The molecule has 2 atom stereocenters. The van der Waals surface area contributed by atoms with Crippen molar-refractivity contribution in [3.63, 3.8) is 0 Å². The van der Waals surface area contributed by atoms with Gasteiger partial charge in [-0.1, -0.05) is 18.6 Å². The molecule has 1 amide bonds. The molecule has 2 heterocycles. The molecule has 25 heavy (non-hydrogen) atoms. The number of hydrogen-bond donors (Lipinski definition) is 3. The molecule has 0 saturated carbocycles. The van der Waals surface area contributed by atoms with Gasteiger partial charge in [0, 0.05) is 26.2 Å². The minimum atomic E-state index is -3.47. The number of piperidine rings is 1. The minimum absolute atomic E-state index is 0.180. The predicted molar refractivity (Wildman–Crippen MR) is 93.3 cm³/mol. The number of amides is 1. The summed E-state index contributed by atoms with van der Waals surface area (Å²) in [6.45, 7) is 1.82. The summed E-state index contributed by atoms with van der Waals surface area (Å²) in [5, 5.41) is 15.2. The van der Waals surface area contributed by atoms with Gasteiger partial charge in [-0.05, 0) is 37.0 Å². The molecular formula is C17H25N3O4S. The maximum Gasteiger partial charge on any atom is 0.243 e. The number of carbonyl (C=O) groups excluding carboxylic acids is 1. The normalized spacial score (nSPS) is 25.0. The van der Waals surface area contributed by atoms with Gasteiger partial charge in [0.1, 0.15) is 0 Å². The van der Waals surface area contributed by atoms with E-state index in [1.165, 1.54) is 4.31 Å². The quantitative estimate of drug-likeness (QED) is 0.691. The molecule has 2 saturated heterocycles. The largest absolute Gasteiger partial charge is 0.392 e. The summed E-state index contributed by atoms with van der Waals surface area (Å²) in [6.07, 6.45) is 2.77. The third-order valence-corrected chi connectivity index (χ3v) is 6.64. The number of benzene rings is 1. The van der Waals surface area contributed by atoms with Crippen LogP contribution in [0, 0.1) is 0 Å². The average Bonchev–Trinajstić information content (AvgIpc) is 3.07. The van der Waals surface area contributed by atoms with Gasteiger partial charge in [0.2, 0.25) is 15.9 Å². The van der Waals surface area contributed by atoms with Crippen molar-refractivity contribution in [2.75, 3.05) is 19.6 Å². The summed E-state index contributed by atoms with van der Waals surface area (Å²) in [7, 11) is -3.47. The first-order valence-electron chi connectivity index (χ1n) is 8.75. The number of nitrogens with zero attached hydrogens (tertiary/aromatic N) is 1. The summed E-state index contributed by atoms with van der Waals surface area (Å²) in [6, 6.07) is 6.34. The first-order valence-corrected chi connectivity index (χ1v) is 10.2.